The SMILES string of the molecule is CC(C)(CCCCOc1cc(-c2ccccc2)cc(-c2ccccc2)n1)CNC(=O)C(CNC(=O)OCC1C2C=CC=CC2C2C=CCCC21)NC(=O)OC(C)(C)C. The minimum absolute atomic E-state index is 0.151. The first-order chi connectivity index (χ1) is 27.8. The van der Waals surface area contributed by atoms with Crippen molar-refractivity contribution in [2.45, 2.75) is 78.4 Å². The molecule has 6 atom stereocenters. The van der Waals surface area contributed by atoms with E-state index >= 15 is 0 Å². The second-order valence-corrected chi connectivity index (χ2v) is 17.5. The van der Waals surface area contributed by atoms with Crippen LogP contribution in [0.4, 0.5) is 9.59 Å². The quantitative estimate of drug-likeness (QED) is 0.0976. The van der Waals surface area contributed by atoms with Gasteiger partial charge in [-0.25, -0.2) is 14.6 Å². The minimum Gasteiger partial charge on any atom is -0.478 e. The number of carbonyl (C=O) groups is 3. The van der Waals surface area contributed by atoms with Gasteiger partial charge in [-0.05, 0) is 99.2 Å². The van der Waals surface area contributed by atoms with Crippen molar-refractivity contribution in [3.63, 3.8) is 0 Å². The third kappa shape index (κ3) is 11.8. The van der Waals surface area contributed by atoms with Gasteiger partial charge in [-0.1, -0.05) is 111 Å². The fourth-order valence-electron chi connectivity index (χ4n) is 8.39. The maximum absolute atomic E-state index is 13.6. The fourth-order valence-corrected chi connectivity index (χ4v) is 8.39. The van der Waals surface area contributed by atoms with Gasteiger partial charge in [-0.15, -0.1) is 0 Å². The number of amides is 3. The summed E-state index contributed by atoms with van der Waals surface area (Å²) in [7, 11) is 0. The van der Waals surface area contributed by atoms with Crippen LogP contribution in [0.2, 0.25) is 0 Å². The van der Waals surface area contributed by atoms with E-state index in [1.54, 1.807) is 20.8 Å². The number of unbranched alkanes of at least 4 members (excludes halogenated alkanes) is 1. The Labute approximate surface area is 343 Å². The number of nitrogens with one attached hydrogen (secondary N) is 3. The molecule has 0 saturated heterocycles. The molecular formula is C48H60N4O6. The summed E-state index contributed by atoms with van der Waals surface area (Å²) in [6.07, 6.45) is 16.6. The molecule has 0 spiro atoms. The Morgan fingerprint density at radius 2 is 1.50 bits per heavy atom. The topological polar surface area (TPSA) is 128 Å². The van der Waals surface area contributed by atoms with Crippen molar-refractivity contribution in [3.8, 4) is 28.3 Å². The summed E-state index contributed by atoms with van der Waals surface area (Å²) in [6, 6.07) is 23.3. The summed E-state index contributed by atoms with van der Waals surface area (Å²) in [5, 5.41) is 8.38. The van der Waals surface area contributed by atoms with Crippen LogP contribution < -0.4 is 20.7 Å². The highest BCUT2D eigenvalue weighted by Crippen LogP contribution is 2.52. The molecular weight excluding hydrogens is 729 g/mol. The zero-order valence-corrected chi connectivity index (χ0v) is 34.6. The van der Waals surface area contributed by atoms with E-state index in [2.05, 4.69) is 84.5 Å². The number of allylic oxidation sites excluding steroid dienone is 6. The standard InChI is InChI=1S/C48H60N4O6/c1-47(2,3)58-46(55)52-42(30-49-45(54)57-31-40-38-24-14-12-22-36(38)37-23-13-15-25-39(37)40)44(53)50-32-48(4,5)26-16-17-27-56-43-29-35(33-18-8-6-9-19-33)28-41(51-43)34-20-10-7-11-21-34/h6-14,18-24,28-29,36-40,42H,15-17,25-27,30-32H2,1-5H3,(H,49,54)(H,50,53)(H,52,55). The second kappa shape index (κ2) is 19.4. The van der Waals surface area contributed by atoms with Gasteiger partial charge in [0.05, 0.1) is 25.5 Å². The summed E-state index contributed by atoms with van der Waals surface area (Å²) in [5.74, 6) is 2.01. The Bertz CT molecular complexity index is 1880. The Balaban J connectivity index is 0.981. The number of benzene rings is 2. The summed E-state index contributed by atoms with van der Waals surface area (Å²) in [4.78, 5) is 44.2. The number of alkyl carbamates (subject to hydrolysis) is 2. The van der Waals surface area contributed by atoms with Crippen LogP contribution in [0, 0.1) is 35.0 Å². The number of nitrogens with zero attached hydrogens (tertiary/aromatic N) is 1. The van der Waals surface area contributed by atoms with Crippen LogP contribution in [0.15, 0.2) is 109 Å². The first-order valence-electron chi connectivity index (χ1n) is 20.8. The Hall–Kier alpha value is -5.38. The van der Waals surface area contributed by atoms with Crippen molar-refractivity contribution in [2.75, 3.05) is 26.3 Å². The number of hydrogen-bond donors (Lipinski definition) is 3. The average molecular weight is 789 g/mol. The molecule has 0 radical (unpaired) electrons. The Morgan fingerprint density at radius 3 is 2.22 bits per heavy atom. The van der Waals surface area contributed by atoms with Crippen LogP contribution in [0.3, 0.4) is 0 Å². The molecule has 0 bridgehead atoms. The number of hydrogen-bond acceptors (Lipinski definition) is 7. The van der Waals surface area contributed by atoms with Gasteiger partial charge in [0.1, 0.15) is 11.6 Å². The molecule has 2 aromatic carbocycles. The van der Waals surface area contributed by atoms with Crippen molar-refractivity contribution < 1.29 is 28.6 Å². The van der Waals surface area contributed by atoms with Crippen molar-refractivity contribution in [2.24, 2.45) is 35.0 Å². The molecule has 3 aliphatic carbocycles. The molecule has 6 unspecified atom stereocenters. The van der Waals surface area contributed by atoms with E-state index < -0.39 is 29.7 Å². The number of rotatable bonds is 16. The van der Waals surface area contributed by atoms with Crippen LogP contribution in [0.1, 0.15) is 66.7 Å². The first-order valence-corrected chi connectivity index (χ1v) is 20.8. The first kappa shape index (κ1) is 42.2. The van der Waals surface area contributed by atoms with Crippen LogP contribution >= 0.6 is 0 Å². The molecule has 58 heavy (non-hydrogen) atoms. The average Bonchev–Trinajstić information content (AvgIpc) is 3.53. The van der Waals surface area contributed by atoms with E-state index in [1.807, 2.05) is 54.6 Å². The van der Waals surface area contributed by atoms with Gasteiger partial charge in [0.2, 0.25) is 11.8 Å². The van der Waals surface area contributed by atoms with Gasteiger partial charge in [0.25, 0.3) is 0 Å². The predicted octanol–water partition coefficient (Wildman–Crippen LogP) is 9.30. The normalized spacial score (nSPS) is 21.3. The lowest BCUT2D eigenvalue weighted by Gasteiger charge is -2.28. The molecule has 1 fully saturated rings. The van der Waals surface area contributed by atoms with Crippen LogP contribution in [-0.2, 0) is 14.3 Å². The predicted molar refractivity (Wildman–Crippen MR) is 228 cm³/mol. The Morgan fingerprint density at radius 1 is 0.793 bits per heavy atom. The summed E-state index contributed by atoms with van der Waals surface area (Å²) in [6.45, 7) is 10.5. The van der Waals surface area contributed by atoms with Crippen LogP contribution in [0.5, 0.6) is 5.88 Å². The highest BCUT2D eigenvalue weighted by Gasteiger charge is 2.48. The highest BCUT2D eigenvalue weighted by molar-refractivity contribution is 5.86. The smallest absolute Gasteiger partial charge is 0.408 e. The molecule has 3 N–H and O–H groups in total. The maximum atomic E-state index is 13.6. The summed E-state index contributed by atoms with van der Waals surface area (Å²) < 4.78 is 17.4. The van der Waals surface area contributed by atoms with Crippen molar-refractivity contribution in [1.82, 2.24) is 20.9 Å². The number of pyridine rings is 1. The number of carbonyl (C=O) groups excluding carboxylic acids is 3. The number of aromatic nitrogens is 1. The molecule has 1 heterocycles. The van der Waals surface area contributed by atoms with Gasteiger partial charge in [0.15, 0.2) is 0 Å². The lowest BCUT2D eigenvalue weighted by Crippen LogP contribution is -2.54. The monoisotopic (exact) mass is 788 g/mol. The van der Waals surface area contributed by atoms with Crippen molar-refractivity contribution >= 4 is 18.1 Å². The molecule has 308 valence electrons. The molecule has 0 aliphatic heterocycles. The van der Waals surface area contributed by atoms with Crippen molar-refractivity contribution in [1.29, 1.82) is 0 Å². The van der Waals surface area contributed by atoms with E-state index in [-0.39, 0.29) is 17.9 Å². The van der Waals surface area contributed by atoms with Gasteiger partial charge >= 0.3 is 12.2 Å². The fraction of sp³-hybridized carbons (Fsp3) is 0.458. The zero-order valence-electron chi connectivity index (χ0n) is 34.6. The molecule has 3 aromatic rings. The molecule has 3 amide bonds. The molecule has 6 rings (SSSR count). The molecule has 1 aromatic heterocycles. The lowest BCUT2D eigenvalue weighted by molar-refractivity contribution is -0.123. The number of fused-ring (bicyclic) bond motifs is 3. The lowest BCUT2D eigenvalue weighted by atomic mass is 9.80. The van der Waals surface area contributed by atoms with Gasteiger partial charge in [0, 0.05) is 24.1 Å². The van der Waals surface area contributed by atoms with Gasteiger partial charge in [-0.3, -0.25) is 4.79 Å². The summed E-state index contributed by atoms with van der Waals surface area (Å²) in [5.41, 5.74) is 3.00. The highest BCUT2D eigenvalue weighted by atomic mass is 16.6. The second-order valence-electron chi connectivity index (χ2n) is 17.5. The molecule has 1 saturated carbocycles. The molecule has 10 nitrogen and oxygen atoms in total. The summed E-state index contributed by atoms with van der Waals surface area (Å²) >= 11 is 0. The van der Waals surface area contributed by atoms with E-state index in [9.17, 15) is 14.4 Å². The minimum atomic E-state index is -1.07. The zero-order chi connectivity index (χ0) is 41.1. The largest absolute Gasteiger partial charge is 0.478 e. The van der Waals surface area contributed by atoms with Crippen LogP contribution in [-0.4, -0.2) is 61.0 Å². The number of ether oxygens (including phenoxy) is 3. The van der Waals surface area contributed by atoms with Crippen LogP contribution in [0.25, 0.3) is 22.4 Å². The third-order valence-electron chi connectivity index (χ3n) is 11.3. The van der Waals surface area contributed by atoms with Gasteiger partial charge < -0.3 is 30.2 Å². The molecule has 3 aliphatic rings. The van der Waals surface area contributed by atoms with Crippen molar-refractivity contribution in [3.05, 3.63) is 109 Å². The van der Waals surface area contributed by atoms with E-state index in [0.29, 0.717) is 49.3 Å². The maximum Gasteiger partial charge on any atom is 0.408 e. The Kier molecular flexibility index (Phi) is 14.1. The van der Waals surface area contributed by atoms with Gasteiger partial charge in [-0.2, -0.15) is 0 Å². The van der Waals surface area contributed by atoms with E-state index in [0.717, 1.165) is 54.5 Å². The van der Waals surface area contributed by atoms with E-state index in [4.69, 9.17) is 19.2 Å². The molecule has 10 heteroatoms. The third-order valence-corrected chi connectivity index (χ3v) is 11.3. The van der Waals surface area contributed by atoms with E-state index in [1.165, 1.54) is 0 Å².